The fourth-order valence-electron chi connectivity index (χ4n) is 7.57. The van der Waals surface area contributed by atoms with E-state index in [0.717, 1.165) is 18.7 Å². The Bertz CT molecular complexity index is 1830. The summed E-state index contributed by atoms with van der Waals surface area (Å²) in [7, 11) is 0.603. The zero-order valence-corrected chi connectivity index (χ0v) is 29.8. The van der Waals surface area contributed by atoms with Gasteiger partial charge in [0.2, 0.25) is 17.5 Å². The molecule has 2 aromatic rings. The van der Waals surface area contributed by atoms with Crippen molar-refractivity contribution >= 4 is 11.9 Å². The molecule has 10 N–H and O–H groups in total. The molecule has 3 atom stereocenters. The van der Waals surface area contributed by atoms with Gasteiger partial charge in [0.15, 0.2) is 17.2 Å². The summed E-state index contributed by atoms with van der Waals surface area (Å²) in [5.74, 6) is -22.1. The highest BCUT2D eigenvalue weighted by Gasteiger charge is 2.75. The van der Waals surface area contributed by atoms with Crippen molar-refractivity contribution in [1.29, 1.82) is 0 Å². The van der Waals surface area contributed by atoms with Crippen LogP contribution in [0.2, 0.25) is 0 Å². The van der Waals surface area contributed by atoms with Crippen molar-refractivity contribution in [2.75, 3.05) is 33.2 Å². The zero-order chi connectivity index (χ0) is 42.5. The van der Waals surface area contributed by atoms with E-state index in [1.165, 1.54) is 11.8 Å². The van der Waals surface area contributed by atoms with Gasteiger partial charge in [-0.1, -0.05) is 0 Å². The van der Waals surface area contributed by atoms with E-state index in [9.17, 15) is 91.4 Å². The maximum absolute atomic E-state index is 14.7. The number of urea groups is 1. The van der Waals surface area contributed by atoms with Crippen LogP contribution in [0.4, 0.5) is 35.5 Å². The Kier molecular flexibility index (Phi) is 10.8. The van der Waals surface area contributed by atoms with Crippen molar-refractivity contribution in [3.05, 3.63) is 44.8 Å². The van der Waals surface area contributed by atoms with Gasteiger partial charge in [-0.15, -0.1) is 0 Å². The Morgan fingerprint density at radius 1 is 0.764 bits per heavy atom. The lowest BCUT2D eigenvalue weighted by Crippen LogP contribution is -2.85. The number of benzene rings is 2. The minimum Gasteiger partial charge on any atom is -0.507 e. The monoisotopic (exact) mass is 804 g/mol. The molecule has 4 rings (SSSR count). The first-order chi connectivity index (χ1) is 24.8. The van der Waals surface area contributed by atoms with Gasteiger partial charge in [0.25, 0.3) is 5.79 Å². The molecule has 0 radical (unpaired) electrons. The number of hydrogen-bond donors (Lipinski definition) is 10. The number of hydrogen-bond acceptors (Lipinski definition) is 13. The first-order valence-electron chi connectivity index (χ1n) is 16.1. The molecule has 0 aliphatic carbocycles. The molecule has 2 heterocycles. The summed E-state index contributed by atoms with van der Waals surface area (Å²) >= 11 is 0. The van der Waals surface area contributed by atoms with E-state index in [2.05, 4.69) is 0 Å². The summed E-state index contributed by atoms with van der Waals surface area (Å²) in [6, 6.07) is -10.1. The quantitative estimate of drug-likeness (QED) is 0.0908. The summed E-state index contributed by atoms with van der Waals surface area (Å²) < 4.78 is 99.7. The molecule has 0 aromatic heterocycles. The van der Waals surface area contributed by atoms with Crippen molar-refractivity contribution in [3.63, 3.8) is 0 Å². The van der Waals surface area contributed by atoms with Gasteiger partial charge in [0.05, 0.1) is 11.6 Å². The first kappa shape index (κ1) is 43.3. The third-order valence-corrected chi connectivity index (χ3v) is 10.4. The average Bonchev–Trinajstić information content (AvgIpc) is 3.03. The highest BCUT2D eigenvalue weighted by molar-refractivity contribution is 5.78. The summed E-state index contributed by atoms with van der Waals surface area (Å²) in [6.45, 7) is 2.38. The molecule has 308 valence electrons. The molecule has 0 spiro atoms. The van der Waals surface area contributed by atoms with Crippen LogP contribution in [0.5, 0.6) is 23.0 Å². The van der Waals surface area contributed by atoms with Gasteiger partial charge in [-0.05, 0) is 38.8 Å². The molecule has 0 saturated carbocycles. The lowest BCUT2D eigenvalue weighted by molar-refractivity contribution is -0.482. The van der Waals surface area contributed by atoms with Crippen molar-refractivity contribution < 1.29 is 91.4 Å². The van der Waals surface area contributed by atoms with Crippen molar-refractivity contribution in [1.82, 2.24) is 19.6 Å². The van der Waals surface area contributed by atoms with Gasteiger partial charge in [-0.2, -0.15) is 30.7 Å². The van der Waals surface area contributed by atoms with Crippen LogP contribution in [0.15, 0.2) is 0 Å². The predicted molar refractivity (Wildman–Crippen MR) is 169 cm³/mol. The number of likely N-dealkylation sites (tertiary alicyclic amines) is 1. The zero-order valence-electron chi connectivity index (χ0n) is 29.8. The van der Waals surface area contributed by atoms with Crippen LogP contribution < -0.4 is 0 Å². The third kappa shape index (κ3) is 6.59. The average molecular weight is 805 g/mol. The molecule has 2 aliphatic heterocycles. The standard InChI is InChI=1S/C32H39F7N4O12/c1-11-16(22(46)19(31(37,38)39)13(3)18(11)30(34,35)36)14(4)40(6)27(49)43-25(17-12(2)21(45)20(33)24(48)23(17)47)28(50,51)26(29(52,53)32(43,54)55)42-9-7-41(8-10-42)15(5)44/h14,25-26,45-48,50-55H,7-10H2,1-6H3. The number of halogens is 7. The molecule has 2 aliphatic rings. The van der Waals surface area contributed by atoms with Gasteiger partial charge >= 0.3 is 24.3 Å². The number of amides is 3. The second-order valence-corrected chi connectivity index (χ2v) is 13.6. The Morgan fingerprint density at radius 2 is 1.25 bits per heavy atom. The first-order valence-corrected chi connectivity index (χ1v) is 16.1. The normalized spacial score (nSPS) is 22.1. The predicted octanol–water partition coefficient (Wildman–Crippen LogP) is 1.31. The summed E-state index contributed by atoms with van der Waals surface area (Å²) in [6.07, 6.45) is -11.1. The Balaban J connectivity index is 2.03. The lowest BCUT2D eigenvalue weighted by atomic mass is 9.77. The van der Waals surface area contributed by atoms with Crippen molar-refractivity contribution in [3.8, 4) is 23.0 Å². The van der Waals surface area contributed by atoms with Gasteiger partial charge in [-0.3, -0.25) is 14.6 Å². The van der Waals surface area contributed by atoms with Crippen molar-refractivity contribution in [2.24, 2.45) is 0 Å². The summed E-state index contributed by atoms with van der Waals surface area (Å²) in [5, 5.41) is 112. The lowest BCUT2D eigenvalue weighted by Gasteiger charge is -2.61. The molecular formula is C32H39F7N4O12. The molecule has 23 heteroatoms. The number of carbonyl (C=O) groups is 2. The van der Waals surface area contributed by atoms with E-state index in [1.807, 2.05) is 0 Å². The van der Waals surface area contributed by atoms with Gasteiger partial charge < -0.3 is 60.9 Å². The summed E-state index contributed by atoms with van der Waals surface area (Å²) in [4.78, 5) is 27.9. The number of phenolic OH excluding ortho intramolecular Hbond substituents is 4. The number of piperidine rings is 1. The molecule has 16 nitrogen and oxygen atoms in total. The highest BCUT2D eigenvalue weighted by atomic mass is 19.4. The van der Waals surface area contributed by atoms with Crippen LogP contribution in [0.1, 0.15) is 64.9 Å². The number of aliphatic hydroxyl groups is 6. The maximum Gasteiger partial charge on any atom is 0.420 e. The maximum atomic E-state index is 14.7. The summed E-state index contributed by atoms with van der Waals surface area (Å²) in [5.41, 5.74) is -9.91. The highest BCUT2D eigenvalue weighted by Crippen LogP contribution is 2.56. The molecule has 2 fully saturated rings. The van der Waals surface area contributed by atoms with Gasteiger partial charge in [0, 0.05) is 56.8 Å². The van der Waals surface area contributed by atoms with Gasteiger partial charge in [0.1, 0.15) is 23.4 Å². The second kappa shape index (κ2) is 13.7. The van der Waals surface area contributed by atoms with Crippen LogP contribution in [0, 0.1) is 26.6 Å². The fraction of sp³-hybridized carbons (Fsp3) is 0.562. The van der Waals surface area contributed by atoms with E-state index < -0.39 is 146 Å². The molecular weight excluding hydrogens is 765 g/mol. The number of carbonyl (C=O) groups excluding carboxylic acids is 2. The topological polar surface area (TPSA) is 249 Å². The van der Waals surface area contributed by atoms with E-state index in [4.69, 9.17) is 0 Å². The number of aromatic hydroxyl groups is 4. The molecule has 0 bridgehead atoms. The van der Waals surface area contributed by atoms with Gasteiger partial charge in [-0.25, -0.2) is 4.79 Å². The van der Waals surface area contributed by atoms with E-state index in [-0.39, 0.29) is 18.0 Å². The number of piperazine rings is 1. The number of rotatable bonds is 4. The number of phenols is 4. The van der Waals surface area contributed by atoms with Crippen LogP contribution in [-0.4, -0.2) is 139 Å². The van der Waals surface area contributed by atoms with E-state index in [0.29, 0.717) is 20.9 Å². The van der Waals surface area contributed by atoms with E-state index in [1.54, 1.807) is 0 Å². The minimum atomic E-state index is -5.62. The number of nitrogens with zero attached hydrogens (tertiary/aromatic N) is 4. The Morgan fingerprint density at radius 3 is 1.71 bits per heavy atom. The SMILES string of the molecule is CC(=O)N1CCN(C2C(O)(O)C(c3c(C)c(O)c(F)c(O)c3O)N(C(=O)N(C)C(C)c3c(C)c(C(F)(F)F)c(C)c(C(F)(F)F)c3O)C(O)(O)C2(O)O)CC1. The van der Waals surface area contributed by atoms with E-state index >= 15 is 0 Å². The molecule has 3 unspecified atom stereocenters. The molecule has 3 amide bonds. The molecule has 2 aromatic carbocycles. The molecule has 2 saturated heterocycles. The smallest absolute Gasteiger partial charge is 0.420 e. The largest absolute Gasteiger partial charge is 0.507 e. The Labute approximate surface area is 306 Å². The van der Waals surface area contributed by atoms with Crippen LogP contribution in [0.25, 0.3) is 0 Å². The third-order valence-electron chi connectivity index (χ3n) is 10.4. The molecule has 55 heavy (non-hydrogen) atoms. The Hall–Kier alpha value is -4.39. The van der Waals surface area contributed by atoms with Crippen LogP contribution >= 0.6 is 0 Å². The van der Waals surface area contributed by atoms with Crippen molar-refractivity contribution in [2.45, 2.75) is 82.6 Å². The van der Waals surface area contributed by atoms with Crippen LogP contribution in [-0.2, 0) is 17.1 Å². The second-order valence-electron chi connectivity index (χ2n) is 13.6. The fourth-order valence-corrected chi connectivity index (χ4v) is 7.57. The number of alkyl halides is 6. The minimum absolute atomic E-state index is 0.125. The van der Waals surface area contributed by atoms with Crippen LogP contribution in [0.3, 0.4) is 0 Å².